The molecule has 0 unspecified atom stereocenters. The number of rotatable bonds is 4. The molecule has 1 amide bonds. The van der Waals surface area contributed by atoms with Gasteiger partial charge < -0.3 is 5.32 Å². The Morgan fingerprint density at radius 2 is 1.68 bits per heavy atom. The Morgan fingerprint density at radius 1 is 1.00 bits per heavy atom. The summed E-state index contributed by atoms with van der Waals surface area (Å²) in [6.07, 6.45) is 1.95. The van der Waals surface area contributed by atoms with Crippen molar-refractivity contribution >= 4 is 16.9 Å². The van der Waals surface area contributed by atoms with E-state index in [-0.39, 0.29) is 11.9 Å². The van der Waals surface area contributed by atoms with Gasteiger partial charge in [0.05, 0.1) is 22.4 Å². The van der Waals surface area contributed by atoms with Crippen LogP contribution < -0.4 is 5.32 Å². The normalized spacial score (nSPS) is 15.6. The molecule has 4 rings (SSSR count). The van der Waals surface area contributed by atoms with Gasteiger partial charge in [-0.2, -0.15) is 0 Å². The molecule has 0 aliphatic carbocycles. The second-order valence-electron chi connectivity index (χ2n) is 7.61. The number of fused-ring (bicyclic) bond motifs is 1. The first kappa shape index (κ1) is 18.6. The lowest BCUT2D eigenvalue weighted by Gasteiger charge is -2.32. The molecule has 28 heavy (non-hydrogen) atoms. The molecule has 0 bridgehead atoms. The highest BCUT2D eigenvalue weighted by Crippen LogP contribution is 2.17. The lowest BCUT2D eigenvalue weighted by molar-refractivity contribution is 0.0909. The molecule has 1 aromatic heterocycles. The number of aromatic nitrogens is 2. The number of likely N-dealkylation sites (tertiary alicyclic amines) is 1. The lowest BCUT2D eigenvalue weighted by atomic mass is 10.0. The van der Waals surface area contributed by atoms with Crippen LogP contribution in [0.4, 0.5) is 0 Å². The fourth-order valence-electron chi connectivity index (χ4n) is 3.72. The third-order valence-electron chi connectivity index (χ3n) is 5.51. The Hall–Kier alpha value is -2.79. The SMILES string of the molecule is Cc1nc2ccc(C(=O)NC3CCN(Cc4ccccc4)CC3)cc2nc1C. The summed E-state index contributed by atoms with van der Waals surface area (Å²) >= 11 is 0. The highest BCUT2D eigenvalue weighted by molar-refractivity contribution is 5.97. The number of nitrogens with one attached hydrogen (secondary N) is 1. The van der Waals surface area contributed by atoms with E-state index >= 15 is 0 Å². The predicted octanol–water partition coefficient (Wildman–Crippen LogP) is 3.64. The van der Waals surface area contributed by atoms with Crippen molar-refractivity contribution in [2.45, 2.75) is 39.3 Å². The van der Waals surface area contributed by atoms with Gasteiger partial charge in [-0.25, -0.2) is 9.97 Å². The maximum Gasteiger partial charge on any atom is 0.251 e. The van der Waals surface area contributed by atoms with Crippen molar-refractivity contribution in [3.8, 4) is 0 Å². The van der Waals surface area contributed by atoms with Gasteiger partial charge in [0.2, 0.25) is 0 Å². The summed E-state index contributed by atoms with van der Waals surface area (Å²) in [4.78, 5) is 24.3. The first-order valence-corrected chi connectivity index (χ1v) is 9.90. The Balaban J connectivity index is 1.35. The van der Waals surface area contributed by atoms with Gasteiger partial charge in [-0.05, 0) is 50.5 Å². The minimum Gasteiger partial charge on any atom is -0.349 e. The van der Waals surface area contributed by atoms with Crippen LogP contribution in [0.2, 0.25) is 0 Å². The summed E-state index contributed by atoms with van der Waals surface area (Å²) < 4.78 is 0. The van der Waals surface area contributed by atoms with Crippen LogP contribution in [-0.4, -0.2) is 39.9 Å². The minimum atomic E-state index is -0.0246. The highest BCUT2D eigenvalue weighted by Gasteiger charge is 2.21. The van der Waals surface area contributed by atoms with Crippen molar-refractivity contribution in [3.63, 3.8) is 0 Å². The van der Waals surface area contributed by atoms with Gasteiger partial charge >= 0.3 is 0 Å². The molecule has 0 saturated carbocycles. The molecule has 1 fully saturated rings. The smallest absolute Gasteiger partial charge is 0.251 e. The summed E-state index contributed by atoms with van der Waals surface area (Å²) in [6.45, 7) is 6.87. The molecule has 3 aromatic rings. The third kappa shape index (κ3) is 4.20. The average Bonchev–Trinajstić information content (AvgIpc) is 2.71. The summed E-state index contributed by atoms with van der Waals surface area (Å²) in [5.41, 5.74) is 5.41. The molecular weight excluding hydrogens is 348 g/mol. The number of carbonyl (C=O) groups excluding carboxylic acids is 1. The number of benzene rings is 2. The van der Waals surface area contributed by atoms with Gasteiger partial charge in [0.25, 0.3) is 5.91 Å². The van der Waals surface area contributed by atoms with Gasteiger partial charge in [-0.1, -0.05) is 30.3 Å². The molecule has 2 heterocycles. The molecule has 5 nitrogen and oxygen atoms in total. The molecule has 1 aliphatic rings. The molecule has 1 saturated heterocycles. The van der Waals surface area contributed by atoms with Crippen LogP contribution in [0.1, 0.15) is 40.2 Å². The quantitative estimate of drug-likeness (QED) is 0.757. The average molecular weight is 374 g/mol. The van der Waals surface area contributed by atoms with Crippen LogP contribution in [0, 0.1) is 13.8 Å². The fourth-order valence-corrected chi connectivity index (χ4v) is 3.72. The number of hydrogen-bond acceptors (Lipinski definition) is 4. The van der Waals surface area contributed by atoms with Crippen molar-refractivity contribution in [1.29, 1.82) is 0 Å². The maximum atomic E-state index is 12.7. The van der Waals surface area contributed by atoms with Gasteiger partial charge in [0.15, 0.2) is 0 Å². The molecular formula is C23H26N4O. The lowest BCUT2D eigenvalue weighted by Crippen LogP contribution is -2.44. The van der Waals surface area contributed by atoms with Crippen molar-refractivity contribution in [2.24, 2.45) is 0 Å². The zero-order chi connectivity index (χ0) is 19.5. The van der Waals surface area contributed by atoms with Crippen LogP contribution in [-0.2, 0) is 6.54 Å². The highest BCUT2D eigenvalue weighted by atomic mass is 16.1. The fraction of sp³-hybridized carbons (Fsp3) is 0.348. The van der Waals surface area contributed by atoms with E-state index < -0.39 is 0 Å². The first-order valence-electron chi connectivity index (χ1n) is 9.90. The molecule has 144 valence electrons. The summed E-state index contributed by atoms with van der Waals surface area (Å²) in [5.74, 6) is -0.0246. The van der Waals surface area contributed by atoms with Gasteiger partial charge in [-0.15, -0.1) is 0 Å². The van der Waals surface area contributed by atoms with Crippen LogP contribution in [0.25, 0.3) is 11.0 Å². The second-order valence-corrected chi connectivity index (χ2v) is 7.61. The van der Waals surface area contributed by atoms with E-state index in [1.807, 2.05) is 38.1 Å². The maximum absolute atomic E-state index is 12.7. The zero-order valence-corrected chi connectivity index (χ0v) is 16.5. The minimum absolute atomic E-state index is 0.0246. The Bertz CT molecular complexity index is 979. The largest absolute Gasteiger partial charge is 0.349 e. The van der Waals surface area contributed by atoms with Crippen molar-refractivity contribution in [2.75, 3.05) is 13.1 Å². The van der Waals surface area contributed by atoms with E-state index in [0.29, 0.717) is 5.56 Å². The van der Waals surface area contributed by atoms with E-state index in [1.165, 1.54) is 5.56 Å². The molecule has 2 aromatic carbocycles. The van der Waals surface area contributed by atoms with Crippen LogP contribution >= 0.6 is 0 Å². The third-order valence-corrected chi connectivity index (χ3v) is 5.51. The molecule has 1 aliphatic heterocycles. The number of nitrogens with zero attached hydrogens (tertiary/aromatic N) is 3. The van der Waals surface area contributed by atoms with E-state index in [0.717, 1.165) is 54.9 Å². The zero-order valence-electron chi connectivity index (χ0n) is 16.5. The van der Waals surface area contributed by atoms with Crippen molar-refractivity contribution < 1.29 is 4.79 Å². The molecule has 0 atom stereocenters. The van der Waals surface area contributed by atoms with Gasteiger partial charge in [0.1, 0.15) is 0 Å². The summed E-state index contributed by atoms with van der Waals surface area (Å²) in [7, 11) is 0. The van der Waals surface area contributed by atoms with Crippen LogP contribution in [0.5, 0.6) is 0 Å². The van der Waals surface area contributed by atoms with E-state index in [9.17, 15) is 4.79 Å². The monoisotopic (exact) mass is 374 g/mol. The first-order chi connectivity index (χ1) is 13.6. The standard InChI is InChI=1S/C23H26N4O/c1-16-17(2)25-22-14-19(8-9-21(22)24-16)23(28)26-20-10-12-27(13-11-20)15-18-6-4-3-5-7-18/h3-9,14,20H,10-13,15H2,1-2H3,(H,26,28). The number of piperidine rings is 1. The predicted molar refractivity (Wildman–Crippen MR) is 111 cm³/mol. The number of hydrogen-bond donors (Lipinski definition) is 1. The molecule has 0 spiro atoms. The van der Waals surface area contributed by atoms with Crippen molar-refractivity contribution in [3.05, 3.63) is 71.0 Å². The van der Waals surface area contributed by atoms with E-state index in [2.05, 4.69) is 44.5 Å². The van der Waals surface area contributed by atoms with E-state index in [4.69, 9.17) is 0 Å². The summed E-state index contributed by atoms with van der Waals surface area (Å²) in [6, 6.07) is 16.3. The molecule has 1 N–H and O–H groups in total. The number of amides is 1. The Morgan fingerprint density at radius 3 is 2.39 bits per heavy atom. The van der Waals surface area contributed by atoms with Gasteiger partial charge in [-0.3, -0.25) is 9.69 Å². The topological polar surface area (TPSA) is 58.1 Å². The summed E-state index contributed by atoms with van der Waals surface area (Å²) in [5, 5.41) is 3.20. The molecule has 5 heteroatoms. The second kappa shape index (κ2) is 8.07. The molecule has 0 radical (unpaired) electrons. The van der Waals surface area contributed by atoms with Crippen LogP contribution in [0.15, 0.2) is 48.5 Å². The number of aryl methyl sites for hydroxylation is 2. The Labute approximate surface area is 165 Å². The number of carbonyl (C=O) groups is 1. The van der Waals surface area contributed by atoms with Crippen LogP contribution in [0.3, 0.4) is 0 Å². The van der Waals surface area contributed by atoms with E-state index in [1.54, 1.807) is 0 Å². The van der Waals surface area contributed by atoms with Gasteiger partial charge in [0, 0.05) is 31.2 Å². The Kier molecular flexibility index (Phi) is 5.35. The van der Waals surface area contributed by atoms with Crippen molar-refractivity contribution in [1.82, 2.24) is 20.2 Å².